The largest absolute Gasteiger partial charge is 0.494 e. The van der Waals surface area contributed by atoms with Gasteiger partial charge in [0.1, 0.15) is 11.6 Å². The number of carboxylic acids is 1. The molecule has 0 aliphatic heterocycles. The molecule has 0 spiro atoms. The number of benzene rings is 2. The molecular weight excluding hydrogens is 409 g/mol. The molecule has 1 aromatic heterocycles. The Morgan fingerprint density at radius 1 is 1.25 bits per heavy atom. The Morgan fingerprint density at radius 2 is 2.00 bits per heavy atom. The third kappa shape index (κ3) is 3.83. The lowest BCUT2D eigenvalue weighted by atomic mass is 10.1. The molecule has 148 valence electrons. The van der Waals surface area contributed by atoms with Crippen LogP contribution in [0.5, 0.6) is 5.75 Å². The molecule has 3 aromatic rings. The number of carbonyl (C=O) groups is 1. The highest BCUT2D eigenvalue weighted by atomic mass is 35.5. The van der Waals surface area contributed by atoms with Crippen LogP contribution in [-0.2, 0) is 21.2 Å². The van der Waals surface area contributed by atoms with E-state index in [2.05, 4.69) is 0 Å². The van der Waals surface area contributed by atoms with E-state index in [0.717, 1.165) is 22.2 Å². The molecule has 0 saturated heterocycles. The van der Waals surface area contributed by atoms with E-state index in [1.54, 1.807) is 25.1 Å². The standard InChI is InChI=1S/C19H17ClFNO5S/c1-2-27-13-4-6-15-12(3-8-19(23)24)11-22(18(15)9-13)28(25,26)14-5-7-17(21)16(20)10-14/h4-7,9-11H,2-3,8H2,1H3,(H,23,24). The van der Waals surface area contributed by atoms with Gasteiger partial charge in [-0.1, -0.05) is 11.6 Å². The van der Waals surface area contributed by atoms with E-state index in [1.165, 1.54) is 6.20 Å². The van der Waals surface area contributed by atoms with Gasteiger partial charge in [0.25, 0.3) is 10.0 Å². The molecule has 1 N–H and O–H groups in total. The number of hydrogen-bond donors (Lipinski definition) is 1. The molecule has 0 saturated carbocycles. The van der Waals surface area contributed by atoms with Crippen LogP contribution in [0.25, 0.3) is 10.9 Å². The maximum atomic E-state index is 13.5. The fraction of sp³-hybridized carbons (Fsp3) is 0.211. The minimum Gasteiger partial charge on any atom is -0.494 e. The SMILES string of the molecule is CCOc1ccc2c(CCC(=O)O)cn(S(=O)(=O)c3ccc(F)c(Cl)c3)c2c1. The smallest absolute Gasteiger partial charge is 0.303 e. The predicted octanol–water partition coefficient (Wildman–Crippen LogP) is 4.09. The zero-order valence-electron chi connectivity index (χ0n) is 14.9. The summed E-state index contributed by atoms with van der Waals surface area (Å²) in [7, 11) is -4.09. The van der Waals surface area contributed by atoms with Crippen molar-refractivity contribution in [1.82, 2.24) is 3.97 Å². The summed E-state index contributed by atoms with van der Waals surface area (Å²) in [5, 5.41) is 9.26. The van der Waals surface area contributed by atoms with Crippen molar-refractivity contribution in [2.24, 2.45) is 0 Å². The van der Waals surface area contributed by atoms with E-state index in [4.69, 9.17) is 21.4 Å². The van der Waals surface area contributed by atoms with Crippen LogP contribution in [-0.4, -0.2) is 30.1 Å². The van der Waals surface area contributed by atoms with Gasteiger partial charge in [0.05, 0.1) is 22.0 Å². The van der Waals surface area contributed by atoms with Crippen LogP contribution in [0, 0.1) is 5.82 Å². The number of carboxylic acid groups (broad SMARTS) is 1. The quantitative estimate of drug-likeness (QED) is 0.616. The van der Waals surface area contributed by atoms with Crippen LogP contribution in [0.1, 0.15) is 18.9 Å². The van der Waals surface area contributed by atoms with Crippen molar-refractivity contribution in [3.05, 3.63) is 59.0 Å². The first-order valence-electron chi connectivity index (χ1n) is 8.43. The normalized spacial score (nSPS) is 11.7. The van der Waals surface area contributed by atoms with Crippen molar-refractivity contribution < 1.29 is 27.4 Å². The summed E-state index contributed by atoms with van der Waals surface area (Å²) in [6.07, 6.45) is 1.40. The molecule has 1 heterocycles. The summed E-state index contributed by atoms with van der Waals surface area (Å²) in [6, 6.07) is 8.12. The number of aliphatic carboxylic acids is 1. The van der Waals surface area contributed by atoms with Crippen molar-refractivity contribution in [3.8, 4) is 5.75 Å². The van der Waals surface area contributed by atoms with Crippen molar-refractivity contribution in [2.45, 2.75) is 24.7 Å². The van der Waals surface area contributed by atoms with E-state index in [1.807, 2.05) is 0 Å². The fourth-order valence-corrected chi connectivity index (χ4v) is 4.55. The molecule has 0 unspecified atom stereocenters. The van der Waals surface area contributed by atoms with Crippen molar-refractivity contribution >= 4 is 38.5 Å². The number of hydrogen-bond acceptors (Lipinski definition) is 4. The number of aryl methyl sites for hydroxylation is 1. The lowest BCUT2D eigenvalue weighted by molar-refractivity contribution is -0.136. The molecule has 0 atom stereocenters. The Hall–Kier alpha value is -2.58. The van der Waals surface area contributed by atoms with Gasteiger partial charge in [-0.3, -0.25) is 4.79 Å². The molecular formula is C19H17ClFNO5S. The Labute approximate surface area is 166 Å². The Balaban J connectivity index is 2.20. The molecule has 3 rings (SSSR count). The summed E-state index contributed by atoms with van der Waals surface area (Å²) in [6.45, 7) is 2.21. The van der Waals surface area contributed by atoms with Crippen molar-refractivity contribution in [3.63, 3.8) is 0 Å². The molecule has 0 aliphatic carbocycles. The molecule has 28 heavy (non-hydrogen) atoms. The van der Waals surface area contributed by atoms with Gasteiger partial charge in [-0.05, 0) is 49.2 Å². The minimum atomic E-state index is -4.09. The second-order valence-corrected chi connectivity index (χ2v) is 8.26. The van der Waals surface area contributed by atoms with Crippen LogP contribution >= 0.6 is 11.6 Å². The maximum absolute atomic E-state index is 13.5. The lowest BCUT2D eigenvalue weighted by Crippen LogP contribution is -2.12. The van der Waals surface area contributed by atoms with Gasteiger partial charge in [0, 0.05) is 24.1 Å². The summed E-state index contributed by atoms with van der Waals surface area (Å²) < 4.78 is 46.3. The summed E-state index contributed by atoms with van der Waals surface area (Å²) >= 11 is 5.75. The molecule has 9 heteroatoms. The molecule has 0 radical (unpaired) electrons. The number of fused-ring (bicyclic) bond motifs is 1. The maximum Gasteiger partial charge on any atom is 0.303 e. The van der Waals surface area contributed by atoms with Crippen LogP contribution in [0.3, 0.4) is 0 Å². The van der Waals surface area contributed by atoms with Gasteiger partial charge in [0.15, 0.2) is 0 Å². The van der Waals surface area contributed by atoms with Crippen LogP contribution in [0.15, 0.2) is 47.5 Å². The number of ether oxygens (including phenoxy) is 1. The van der Waals surface area contributed by atoms with E-state index < -0.39 is 21.8 Å². The first-order chi connectivity index (χ1) is 13.2. The Bertz CT molecular complexity index is 1160. The number of nitrogens with zero attached hydrogens (tertiary/aromatic N) is 1. The highest BCUT2D eigenvalue weighted by Crippen LogP contribution is 2.31. The highest BCUT2D eigenvalue weighted by molar-refractivity contribution is 7.90. The fourth-order valence-electron chi connectivity index (χ4n) is 2.89. The third-order valence-electron chi connectivity index (χ3n) is 4.19. The first-order valence-corrected chi connectivity index (χ1v) is 10.2. The van der Waals surface area contributed by atoms with Crippen LogP contribution in [0.4, 0.5) is 4.39 Å². The van der Waals surface area contributed by atoms with Gasteiger partial charge in [0.2, 0.25) is 0 Å². The van der Waals surface area contributed by atoms with Crippen LogP contribution < -0.4 is 4.74 Å². The zero-order chi connectivity index (χ0) is 20.5. The van der Waals surface area contributed by atoms with E-state index in [9.17, 15) is 17.6 Å². The Kier molecular flexibility index (Phi) is 5.62. The number of halogens is 2. The zero-order valence-corrected chi connectivity index (χ0v) is 16.4. The topological polar surface area (TPSA) is 85.6 Å². The monoisotopic (exact) mass is 425 g/mol. The van der Waals surface area contributed by atoms with Gasteiger partial charge >= 0.3 is 5.97 Å². The third-order valence-corrected chi connectivity index (χ3v) is 6.15. The van der Waals surface area contributed by atoms with Gasteiger partial charge in [-0.25, -0.2) is 16.8 Å². The van der Waals surface area contributed by atoms with Gasteiger partial charge in [-0.2, -0.15) is 0 Å². The average Bonchev–Trinajstić information content (AvgIpc) is 3.01. The Morgan fingerprint density at radius 3 is 2.64 bits per heavy atom. The molecule has 0 bridgehead atoms. The van der Waals surface area contributed by atoms with Crippen molar-refractivity contribution in [2.75, 3.05) is 6.61 Å². The van der Waals surface area contributed by atoms with Gasteiger partial charge < -0.3 is 9.84 Å². The molecule has 0 amide bonds. The van der Waals surface area contributed by atoms with E-state index >= 15 is 0 Å². The summed E-state index contributed by atoms with van der Waals surface area (Å²) in [4.78, 5) is 10.8. The molecule has 0 aliphatic rings. The first kappa shape index (κ1) is 20.2. The average molecular weight is 426 g/mol. The van der Waals surface area contributed by atoms with Crippen LogP contribution in [0.2, 0.25) is 5.02 Å². The highest BCUT2D eigenvalue weighted by Gasteiger charge is 2.23. The van der Waals surface area contributed by atoms with Crippen molar-refractivity contribution in [1.29, 1.82) is 0 Å². The second-order valence-electron chi connectivity index (χ2n) is 6.04. The number of rotatable bonds is 7. The molecule has 0 fully saturated rings. The number of aromatic nitrogens is 1. The van der Waals surface area contributed by atoms with E-state index in [-0.39, 0.29) is 22.8 Å². The second kappa shape index (κ2) is 7.81. The lowest BCUT2D eigenvalue weighted by Gasteiger charge is -2.09. The van der Waals surface area contributed by atoms with E-state index in [0.29, 0.717) is 28.8 Å². The predicted molar refractivity (Wildman–Crippen MR) is 103 cm³/mol. The summed E-state index contributed by atoms with van der Waals surface area (Å²) in [5.41, 5.74) is 0.906. The van der Waals surface area contributed by atoms with Gasteiger partial charge in [-0.15, -0.1) is 0 Å². The molecule has 2 aromatic carbocycles. The molecule has 6 nitrogen and oxygen atoms in total. The summed E-state index contributed by atoms with van der Waals surface area (Å²) in [5.74, 6) is -1.23. The minimum absolute atomic E-state index is 0.144.